The van der Waals surface area contributed by atoms with Gasteiger partial charge in [0, 0.05) is 30.4 Å². The Morgan fingerprint density at radius 1 is 1.11 bits per heavy atom. The number of hydrogen-bond acceptors (Lipinski definition) is 6. The van der Waals surface area contributed by atoms with E-state index in [1.54, 1.807) is 39.8 Å². The highest BCUT2D eigenvalue weighted by atomic mass is 16.6. The molecule has 0 saturated heterocycles. The highest BCUT2D eigenvalue weighted by Crippen LogP contribution is 2.44. The fourth-order valence-electron chi connectivity index (χ4n) is 4.84. The van der Waals surface area contributed by atoms with Crippen LogP contribution in [0.1, 0.15) is 80.8 Å². The molecule has 38 heavy (non-hydrogen) atoms. The van der Waals surface area contributed by atoms with Crippen LogP contribution in [0.2, 0.25) is 0 Å². The second-order valence-corrected chi connectivity index (χ2v) is 11.0. The summed E-state index contributed by atoms with van der Waals surface area (Å²) in [5.41, 5.74) is -0.558. The second-order valence-electron chi connectivity index (χ2n) is 11.0. The minimum atomic E-state index is -1.12. The van der Waals surface area contributed by atoms with Crippen LogP contribution in [0.15, 0.2) is 52.9 Å². The standard InChI is InChI=1S/C29H32N4O5/c1-27(2,3)38-26(36)31-28(4,18-19-11-7-6-8-12-19)25-33-32-23(37-25)20-15-21(24(34)35)17-22(16-20)29(30-5)13-9-10-14-29/h6-8,11-12,15-17H,9-10,13-14,18H2,1-4H3,(H,31,36)(H,34,35)/t28-/m1/s1. The SMILES string of the molecule is [C-]#[N+]C1(c2cc(C(=O)O)cc(-c3nnc([C@@](C)(Cc4ccccc4)NC(=O)OC(C)(C)C)o3)c2)CCCC1. The molecule has 1 aliphatic rings. The predicted octanol–water partition coefficient (Wildman–Crippen LogP) is 6.11. The Morgan fingerprint density at radius 2 is 1.79 bits per heavy atom. The van der Waals surface area contributed by atoms with Crippen LogP contribution in [0, 0.1) is 6.57 Å². The molecule has 1 atom stereocenters. The Bertz CT molecular complexity index is 1360. The summed E-state index contributed by atoms with van der Waals surface area (Å²) in [6.45, 7) is 14.9. The fourth-order valence-corrected chi connectivity index (χ4v) is 4.84. The average molecular weight is 517 g/mol. The summed E-state index contributed by atoms with van der Waals surface area (Å²) >= 11 is 0. The van der Waals surface area contributed by atoms with Gasteiger partial charge in [0.15, 0.2) is 0 Å². The van der Waals surface area contributed by atoms with Crippen LogP contribution in [0.25, 0.3) is 16.3 Å². The maximum atomic E-state index is 12.8. The molecule has 1 fully saturated rings. The molecule has 2 aromatic carbocycles. The van der Waals surface area contributed by atoms with Gasteiger partial charge in [0.25, 0.3) is 5.54 Å². The highest BCUT2D eigenvalue weighted by molar-refractivity contribution is 5.89. The number of hydrogen-bond donors (Lipinski definition) is 2. The van der Waals surface area contributed by atoms with E-state index in [2.05, 4.69) is 20.4 Å². The molecule has 0 spiro atoms. The molecule has 1 aliphatic carbocycles. The zero-order valence-corrected chi connectivity index (χ0v) is 22.1. The summed E-state index contributed by atoms with van der Waals surface area (Å²) in [5.74, 6) is -0.857. The number of carboxylic acid groups (broad SMARTS) is 1. The van der Waals surface area contributed by atoms with Gasteiger partial charge in [0.2, 0.25) is 11.8 Å². The molecule has 1 amide bonds. The van der Waals surface area contributed by atoms with E-state index >= 15 is 0 Å². The van der Waals surface area contributed by atoms with Crippen molar-refractivity contribution >= 4 is 12.1 Å². The molecule has 1 saturated carbocycles. The van der Waals surface area contributed by atoms with Crippen LogP contribution in [-0.2, 0) is 22.2 Å². The van der Waals surface area contributed by atoms with Gasteiger partial charge in [-0.15, -0.1) is 10.2 Å². The summed E-state index contributed by atoms with van der Waals surface area (Å²) in [6, 6.07) is 14.4. The van der Waals surface area contributed by atoms with Crippen molar-refractivity contribution in [2.75, 3.05) is 0 Å². The molecule has 198 valence electrons. The van der Waals surface area contributed by atoms with Gasteiger partial charge in [-0.1, -0.05) is 30.3 Å². The molecule has 2 N–H and O–H groups in total. The van der Waals surface area contributed by atoms with Crippen LogP contribution in [0.5, 0.6) is 0 Å². The lowest BCUT2D eigenvalue weighted by Gasteiger charge is -2.29. The number of carboxylic acids is 1. The molecule has 0 aliphatic heterocycles. The number of nitrogens with zero attached hydrogens (tertiary/aromatic N) is 3. The lowest BCUT2D eigenvalue weighted by Crippen LogP contribution is -2.47. The maximum Gasteiger partial charge on any atom is 0.408 e. The van der Waals surface area contributed by atoms with E-state index in [9.17, 15) is 14.7 Å². The minimum absolute atomic E-state index is 0.0473. The monoisotopic (exact) mass is 516 g/mol. The van der Waals surface area contributed by atoms with Gasteiger partial charge >= 0.3 is 12.1 Å². The van der Waals surface area contributed by atoms with Crippen LogP contribution in [-0.4, -0.2) is 33.0 Å². The van der Waals surface area contributed by atoms with Crippen molar-refractivity contribution in [2.45, 2.75) is 76.5 Å². The Balaban J connectivity index is 1.74. The Labute approximate surface area is 222 Å². The van der Waals surface area contributed by atoms with E-state index in [0.29, 0.717) is 30.4 Å². The maximum absolute atomic E-state index is 12.8. The van der Waals surface area contributed by atoms with Gasteiger partial charge in [-0.05, 0) is 64.3 Å². The number of carbonyl (C=O) groups excluding carboxylic acids is 1. The van der Waals surface area contributed by atoms with Crippen LogP contribution < -0.4 is 5.32 Å². The first-order valence-corrected chi connectivity index (χ1v) is 12.6. The Hall–Kier alpha value is -4.19. The third-order valence-corrected chi connectivity index (χ3v) is 6.68. The van der Waals surface area contributed by atoms with Crippen molar-refractivity contribution in [3.63, 3.8) is 0 Å². The summed E-state index contributed by atoms with van der Waals surface area (Å²) < 4.78 is 11.6. The number of alkyl carbamates (subject to hydrolysis) is 1. The average Bonchev–Trinajstić information content (AvgIpc) is 3.54. The Kier molecular flexibility index (Phi) is 7.27. The van der Waals surface area contributed by atoms with Gasteiger partial charge in [-0.2, -0.15) is 0 Å². The first-order valence-electron chi connectivity index (χ1n) is 12.6. The van der Waals surface area contributed by atoms with E-state index in [1.807, 2.05) is 30.3 Å². The number of carbonyl (C=O) groups is 2. The lowest BCUT2D eigenvalue weighted by atomic mass is 9.87. The van der Waals surface area contributed by atoms with Gasteiger partial charge in [-0.25, -0.2) is 16.2 Å². The molecule has 9 nitrogen and oxygen atoms in total. The normalized spacial score (nSPS) is 16.3. The van der Waals surface area contributed by atoms with Crippen molar-refractivity contribution in [1.29, 1.82) is 0 Å². The first kappa shape index (κ1) is 26.9. The molecular weight excluding hydrogens is 484 g/mol. The molecule has 4 rings (SSSR count). The molecule has 0 bridgehead atoms. The van der Waals surface area contributed by atoms with Crippen LogP contribution in [0.3, 0.4) is 0 Å². The lowest BCUT2D eigenvalue weighted by molar-refractivity contribution is 0.0443. The number of nitrogens with one attached hydrogen (secondary N) is 1. The van der Waals surface area contributed by atoms with E-state index < -0.39 is 28.7 Å². The summed E-state index contributed by atoms with van der Waals surface area (Å²) in [5, 5.41) is 21.1. The predicted molar refractivity (Wildman–Crippen MR) is 140 cm³/mol. The topological polar surface area (TPSA) is 119 Å². The largest absolute Gasteiger partial charge is 0.478 e. The number of aromatic carboxylic acids is 1. The molecule has 0 radical (unpaired) electrons. The van der Waals surface area contributed by atoms with Gasteiger partial charge in [0.05, 0.1) is 5.56 Å². The van der Waals surface area contributed by atoms with Gasteiger partial charge < -0.3 is 24.4 Å². The molecule has 1 aromatic heterocycles. The number of ether oxygens (including phenoxy) is 1. The molecule has 9 heteroatoms. The third kappa shape index (κ3) is 5.86. The van der Waals surface area contributed by atoms with Crippen molar-refractivity contribution < 1.29 is 23.8 Å². The summed E-state index contributed by atoms with van der Waals surface area (Å²) in [4.78, 5) is 28.6. The summed E-state index contributed by atoms with van der Waals surface area (Å²) in [7, 11) is 0. The van der Waals surface area contributed by atoms with Crippen molar-refractivity contribution in [1.82, 2.24) is 15.5 Å². The molecule has 0 unspecified atom stereocenters. The zero-order valence-electron chi connectivity index (χ0n) is 22.1. The second kappa shape index (κ2) is 10.3. The fraction of sp³-hybridized carbons (Fsp3) is 0.414. The number of amides is 1. The quantitative estimate of drug-likeness (QED) is 0.364. The number of aromatic nitrogens is 2. The number of benzene rings is 2. The van der Waals surface area contributed by atoms with E-state index in [4.69, 9.17) is 15.7 Å². The van der Waals surface area contributed by atoms with Gasteiger partial charge in [0.1, 0.15) is 11.1 Å². The van der Waals surface area contributed by atoms with Crippen LogP contribution >= 0.6 is 0 Å². The molecule has 3 aromatic rings. The molecule has 1 heterocycles. The smallest absolute Gasteiger partial charge is 0.408 e. The van der Waals surface area contributed by atoms with Crippen LogP contribution in [0.4, 0.5) is 4.79 Å². The summed E-state index contributed by atoms with van der Waals surface area (Å²) in [6.07, 6.45) is 2.87. The van der Waals surface area contributed by atoms with E-state index in [-0.39, 0.29) is 17.3 Å². The third-order valence-electron chi connectivity index (χ3n) is 6.68. The highest BCUT2D eigenvalue weighted by Gasteiger charge is 2.43. The van der Waals surface area contributed by atoms with Crippen molar-refractivity contribution in [3.05, 3.63) is 82.5 Å². The molecular formula is C29H32N4O5. The van der Waals surface area contributed by atoms with E-state index in [0.717, 1.165) is 18.4 Å². The van der Waals surface area contributed by atoms with Gasteiger partial charge in [-0.3, -0.25) is 0 Å². The zero-order chi connectivity index (χ0) is 27.6. The Morgan fingerprint density at radius 3 is 2.39 bits per heavy atom. The van der Waals surface area contributed by atoms with E-state index in [1.165, 1.54) is 6.07 Å². The van der Waals surface area contributed by atoms with Crippen molar-refractivity contribution in [2.24, 2.45) is 0 Å². The first-order chi connectivity index (χ1) is 17.9. The number of rotatable bonds is 7. The van der Waals surface area contributed by atoms with Crippen molar-refractivity contribution in [3.8, 4) is 11.5 Å². The minimum Gasteiger partial charge on any atom is -0.478 e.